The van der Waals surface area contributed by atoms with Crippen molar-refractivity contribution in [2.24, 2.45) is 18.9 Å². The number of likely N-dealkylation sites (N-methyl/N-ethyl adjacent to an activating group) is 1. The van der Waals surface area contributed by atoms with Crippen molar-refractivity contribution in [2.75, 3.05) is 7.05 Å². The maximum absolute atomic E-state index is 13.5. The van der Waals surface area contributed by atoms with Gasteiger partial charge in [-0.1, -0.05) is 58.9 Å². The van der Waals surface area contributed by atoms with Crippen LogP contribution < -0.4 is 5.32 Å². The molecule has 35 heavy (non-hydrogen) atoms. The standard InChI is InChI=1S/C28H41N3O4/c1-10-21(28(6,7)22-16-30(8)23-14-12-11-13-20(22)23)25(32)29-19(5)26(33)31(9)24(17(2)3)15-18(4)27(34)35/h11-17,19,21,24H,10H2,1-9H3,(H,29,32)(H,34,35)/b18-15+/t19-,21+,24?/m0/s1. The molecule has 2 N–H and O–H groups in total. The molecule has 1 unspecified atom stereocenters. The quantitative estimate of drug-likeness (QED) is 0.487. The lowest BCUT2D eigenvalue weighted by atomic mass is 9.71. The lowest BCUT2D eigenvalue weighted by molar-refractivity contribution is -0.138. The number of aliphatic carboxylic acids is 1. The van der Waals surface area contributed by atoms with Crippen molar-refractivity contribution in [3.05, 3.63) is 47.7 Å². The predicted molar refractivity (Wildman–Crippen MR) is 140 cm³/mol. The molecule has 1 aromatic carbocycles. The lowest BCUT2D eigenvalue weighted by Gasteiger charge is -2.35. The molecule has 2 rings (SSSR count). The van der Waals surface area contributed by atoms with Crippen molar-refractivity contribution >= 4 is 28.7 Å². The fraction of sp³-hybridized carbons (Fsp3) is 0.536. The Morgan fingerprint density at radius 3 is 2.31 bits per heavy atom. The third kappa shape index (κ3) is 5.95. The zero-order valence-electron chi connectivity index (χ0n) is 22.5. The summed E-state index contributed by atoms with van der Waals surface area (Å²) < 4.78 is 2.08. The first-order chi connectivity index (χ1) is 16.2. The van der Waals surface area contributed by atoms with Gasteiger partial charge in [0.25, 0.3) is 0 Å². The van der Waals surface area contributed by atoms with Gasteiger partial charge in [0.1, 0.15) is 6.04 Å². The van der Waals surface area contributed by atoms with Gasteiger partial charge in [-0.2, -0.15) is 0 Å². The van der Waals surface area contributed by atoms with Crippen molar-refractivity contribution in [1.29, 1.82) is 0 Å². The van der Waals surface area contributed by atoms with Gasteiger partial charge in [0.05, 0.1) is 6.04 Å². The van der Waals surface area contributed by atoms with Crippen LogP contribution in [0.3, 0.4) is 0 Å². The number of rotatable bonds is 10. The van der Waals surface area contributed by atoms with Crippen LogP contribution in [-0.4, -0.2) is 51.5 Å². The molecular weight excluding hydrogens is 442 g/mol. The topological polar surface area (TPSA) is 91.6 Å². The van der Waals surface area contributed by atoms with Gasteiger partial charge in [-0.3, -0.25) is 9.59 Å². The van der Waals surface area contributed by atoms with Gasteiger partial charge < -0.3 is 19.9 Å². The highest BCUT2D eigenvalue weighted by molar-refractivity contribution is 5.91. The number of nitrogens with one attached hydrogen (secondary N) is 1. The summed E-state index contributed by atoms with van der Waals surface area (Å²) in [7, 11) is 3.66. The summed E-state index contributed by atoms with van der Waals surface area (Å²) in [5, 5.41) is 13.3. The Morgan fingerprint density at radius 2 is 1.77 bits per heavy atom. The molecule has 0 radical (unpaired) electrons. The van der Waals surface area contributed by atoms with E-state index in [2.05, 4.69) is 42.1 Å². The molecule has 7 heteroatoms. The third-order valence-corrected chi connectivity index (χ3v) is 7.15. The van der Waals surface area contributed by atoms with Crippen LogP contribution >= 0.6 is 0 Å². The molecule has 192 valence electrons. The normalized spacial score (nSPS) is 15.1. The summed E-state index contributed by atoms with van der Waals surface area (Å²) in [4.78, 5) is 39.5. The molecule has 2 aromatic rings. The first kappa shape index (κ1) is 28.1. The van der Waals surface area contributed by atoms with Crippen LogP contribution in [0.15, 0.2) is 42.1 Å². The highest BCUT2D eigenvalue weighted by Gasteiger charge is 2.38. The second-order valence-electron chi connectivity index (χ2n) is 10.4. The van der Waals surface area contributed by atoms with Gasteiger partial charge >= 0.3 is 5.97 Å². The van der Waals surface area contributed by atoms with Crippen LogP contribution in [0.5, 0.6) is 0 Å². The zero-order chi connectivity index (χ0) is 26.7. The molecule has 0 aliphatic carbocycles. The maximum atomic E-state index is 13.5. The van der Waals surface area contributed by atoms with Gasteiger partial charge in [0.15, 0.2) is 0 Å². The van der Waals surface area contributed by atoms with E-state index >= 15 is 0 Å². The molecule has 0 fully saturated rings. The summed E-state index contributed by atoms with van der Waals surface area (Å²) >= 11 is 0. The number of carbonyl (C=O) groups excluding carboxylic acids is 2. The molecular formula is C28H41N3O4. The Morgan fingerprint density at radius 1 is 1.17 bits per heavy atom. The lowest BCUT2D eigenvalue weighted by Crippen LogP contribution is -2.52. The molecule has 3 atom stereocenters. The number of fused-ring (bicyclic) bond motifs is 1. The number of benzene rings is 1. The van der Waals surface area contributed by atoms with Crippen LogP contribution in [-0.2, 0) is 26.8 Å². The minimum absolute atomic E-state index is 0.00911. The van der Waals surface area contributed by atoms with Crippen LogP contribution in [0.4, 0.5) is 0 Å². The monoisotopic (exact) mass is 483 g/mol. The van der Waals surface area contributed by atoms with Crippen LogP contribution in [0.2, 0.25) is 0 Å². The third-order valence-electron chi connectivity index (χ3n) is 7.15. The largest absolute Gasteiger partial charge is 0.478 e. The Kier molecular flexibility index (Phi) is 8.93. The Bertz CT molecular complexity index is 1110. The number of aromatic nitrogens is 1. The number of carboxylic acids is 1. The number of carbonyl (C=O) groups is 3. The van der Waals surface area contributed by atoms with E-state index < -0.39 is 23.5 Å². The SMILES string of the molecule is CC[C@H](C(=O)N[C@@H](C)C(=O)N(C)C(/C=C(\C)C(=O)O)C(C)C)C(C)(C)c1cn(C)c2ccccc12. The summed E-state index contributed by atoms with van der Waals surface area (Å²) in [6, 6.07) is 7.02. The second kappa shape index (κ2) is 11.1. The van der Waals surface area contributed by atoms with Crippen LogP contribution in [0, 0.1) is 11.8 Å². The number of para-hydroxylation sites is 1. The first-order valence-electron chi connectivity index (χ1n) is 12.3. The average molecular weight is 484 g/mol. The Hall–Kier alpha value is -3.09. The predicted octanol–water partition coefficient (Wildman–Crippen LogP) is 4.50. The Balaban J connectivity index is 2.26. The van der Waals surface area contributed by atoms with E-state index in [-0.39, 0.29) is 29.2 Å². The number of hydrogen-bond donors (Lipinski definition) is 2. The van der Waals surface area contributed by atoms with Crippen molar-refractivity contribution in [2.45, 2.75) is 72.4 Å². The van der Waals surface area contributed by atoms with E-state index in [0.29, 0.717) is 6.42 Å². The summed E-state index contributed by atoms with van der Waals surface area (Å²) in [5.74, 6) is -1.78. The molecule has 2 amide bonds. The molecule has 7 nitrogen and oxygen atoms in total. The van der Waals surface area contributed by atoms with Gasteiger partial charge in [0, 0.05) is 48.1 Å². The van der Waals surface area contributed by atoms with Crippen molar-refractivity contribution in [3.8, 4) is 0 Å². The van der Waals surface area contributed by atoms with Crippen molar-refractivity contribution < 1.29 is 19.5 Å². The smallest absolute Gasteiger partial charge is 0.331 e. The summed E-state index contributed by atoms with van der Waals surface area (Å²) in [6.07, 6.45) is 4.30. The van der Waals surface area contributed by atoms with E-state index in [1.807, 2.05) is 40.0 Å². The summed E-state index contributed by atoms with van der Waals surface area (Å²) in [5.41, 5.74) is 1.93. The van der Waals surface area contributed by atoms with E-state index in [1.165, 1.54) is 11.8 Å². The van der Waals surface area contributed by atoms with Crippen molar-refractivity contribution in [1.82, 2.24) is 14.8 Å². The van der Waals surface area contributed by atoms with Crippen molar-refractivity contribution in [3.63, 3.8) is 0 Å². The number of carboxylic acid groups (broad SMARTS) is 1. The van der Waals surface area contributed by atoms with Gasteiger partial charge in [-0.05, 0) is 37.8 Å². The second-order valence-corrected chi connectivity index (χ2v) is 10.4. The molecule has 1 heterocycles. The first-order valence-corrected chi connectivity index (χ1v) is 12.3. The summed E-state index contributed by atoms with van der Waals surface area (Å²) in [6.45, 7) is 13.2. The van der Waals surface area contributed by atoms with E-state index in [4.69, 9.17) is 0 Å². The molecule has 0 saturated carbocycles. The number of aryl methyl sites for hydroxylation is 1. The fourth-order valence-corrected chi connectivity index (χ4v) is 4.97. The highest BCUT2D eigenvalue weighted by Crippen LogP contribution is 2.39. The number of amides is 2. The zero-order valence-corrected chi connectivity index (χ0v) is 22.5. The molecule has 1 aromatic heterocycles. The minimum Gasteiger partial charge on any atom is -0.478 e. The van der Waals surface area contributed by atoms with Crippen LogP contribution in [0.25, 0.3) is 10.9 Å². The molecule has 0 saturated heterocycles. The molecule has 0 aliphatic heterocycles. The molecule has 0 aliphatic rings. The fourth-order valence-electron chi connectivity index (χ4n) is 4.97. The van der Waals surface area contributed by atoms with Gasteiger partial charge in [0.2, 0.25) is 11.8 Å². The Labute approximate surface area is 209 Å². The van der Waals surface area contributed by atoms with E-state index in [0.717, 1.165) is 16.5 Å². The van der Waals surface area contributed by atoms with Gasteiger partial charge in [-0.25, -0.2) is 4.79 Å². The highest BCUT2D eigenvalue weighted by atomic mass is 16.4. The van der Waals surface area contributed by atoms with E-state index in [1.54, 1.807) is 20.0 Å². The van der Waals surface area contributed by atoms with Gasteiger partial charge in [-0.15, -0.1) is 0 Å². The van der Waals surface area contributed by atoms with Crippen LogP contribution in [0.1, 0.15) is 60.5 Å². The minimum atomic E-state index is -1.01. The van der Waals surface area contributed by atoms with E-state index in [9.17, 15) is 19.5 Å². The molecule has 0 bridgehead atoms. The average Bonchev–Trinajstić information content (AvgIpc) is 3.13. The molecule has 0 spiro atoms. The number of hydrogen-bond acceptors (Lipinski definition) is 3. The number of nitrogens with zero attached hydrogens (tertiary/aromatic N) is 2. The maximum Gasteiger partial charge on any atom is 0.331 e.